The number of anilines is 1. The summed E-state index contributed by atoms with van der Waals surface area (Å²) >= 11 is 15.9. The van der Waals surface area contributed by atoms with Crippen molar-refractivity contribution in [3.8, 4) is 0 Å². The highest BCUT2D eigenvalue weighted by molar-refractivity contribution is 9.10. The Morgan fingerprint density at radius 1 is 0.976 bits per heavy atom. The molecule has 3 fully saturated rings. The third-order valence-corrected chi connectivity index (χ3v) is 9.73. The second-order valence-corrected chi connectivity index (χ2v) is 12.6. The van der Waals surface area contributed by atoms with Crippen LogP contribution in [0.25, 0.3) is 0 Å². The lowest BCUT2D eigenvalue weighted by Crippen LogP contribution is -2.42. The molecule has 3 aliphatic heterocycles. The smallest absolute Gasteiger partial charge is 0.251 e. The van der Waals surface area contributed by atoms with Crippen LogP contribution >= 0.6 is 39.1 Å². The number of hydrogen-bond donors (Lipinski definition) is 0. The third-order valence-electron chi connectivity index (χ3n) is 8.46. The zero-order valence-electron chi connectivity index (χ0n) is 22.4. The van der Waals surface area contributed by atoms with Crippen molar-refractivity contribution in [2.45, 2.75) is 50.2 Å². The van der Waals surface area contributed by atoms with Gasteiger partial charge in [-0.25, -0.2) is 4.68 Å². The normalized spacial score (nSPS) is 24.9. The van der Waals surface area contributed by atoms with Crippen LogP contribution in [0.3, 0.4) is 0 Å². The maximum absolute atomic E-state index is 14.0. The van der Waals surface area contributed by atoms with Gasteiger partial charge in [-0.1, -0.05) is 50.4 Å². The van der Waals surface area contributed by atoms with Gasteiger partial charge in [0.1, 0.15) is 11.7 Å². The predicted octanol–water partition coefficient (Wildman–Crippen LogP) is 5.60. The molecule has 1 aromatic heterocycles. The van der Waals surface area contributed by atoms with E-state index in [0.717, 1.165) is 35.0 Å². The van der Waals surface area contributed by atoms with E-state index >= 15 is 0 Å². The molecule has 0 saturated carbocycles. The largest absolute Gasteiger partial charge is 0.338 e. The van der Waals surface area contributed by atoms with Crippen LogP contribution < -0.4 is 4.90 Å². The minimum Gasteiger partial charge on any atom is -0.338 e. The van der Waals surface area contributed by atoms with Crippen molar-refractivity contribution in [1.29, 1.82) is 0 Å². The molecule has 0 spiro atoms. The molecule has 3 amide bonds. The first-order chi connectivity index (χ1) is 19.7. The van der Waals surface area contributed by atoms with Gasteiger partial charge < -0.3 is 14.7 Å². The van der Waals surface area contributed by atoms with Crippen molar-refractivity contribution in [2.24, 2.45) is 5.92 Å². The Hall–Kier alpha value is -2.95. The molecule has 3 aromatic rings. The molecule has 9 nitrogen and oxygen atoms in total. The van der Waals surface area contributed by atoms with Crippen molar-refractivity contribution in [2.75, 3.05) is 25.0 Å². The number of carbonyl (C=O) groups excluding carboxylic acids is 3. The molecule has 2 aromatic carbocycles. The van der Waals surface area contributed by atoms with Gasteiger partial charge >= 0.3 is 0 Å². The van der Waals surface area contributed by atoms with Crippen LogP contribution in [0.15, 0.2) is 53.1 Å². The van der Waals surface area contributed by atoms with Crippen LogP contribution in [0.4, 0.5) is 5.69 Å². The fourth-order valence-corrected chi connectivity index (χ4v) is 6.94. The summed E-state index contributed by atoms with van der Waals surface area (Å²) in [6, 6.07) is 11.8. The number of nitrogens with zero attached hydrogens (tertiary/aromatic N) is 6. The fourth-order valence-electron chi connectivity index (χ4n) is 6.37. The molecule has 12 heteroatoms. The maximum atomic E-state index is 14.0. The number of benzene rings is 2. The first-order valence-corrected chi connectivity index (χ1v) is 15.3. The number of aromatic nitrogens is 3. The highest BCUT2D eigenvalue weighted by Crippen LogP contribution is 2.42. The molecule has 3 aliphatic rings. The lowest BCUT2D eigenvalue weighted by Gasteiger charge is -2.32. The van der Waals surface area contributed by atoms with Crippen LogP contribution in [-0.4, -0.2) is 62.7 Å². The number of halogens is 3. The summed E-state index contributed by atoms with van der Waals surface area (Å²) in [5, 5.41) is 9.60. The van der Waals surface area contributed by atoms with Crippen LogP contribution in [0.5, 0.6) is 0 Å². The van der Waals surface area contributed by atoms with Gasteiger partial charge in [-0.15, -0.1) is 5.10 Å². The van der Waals surface area contributed by atoms with E-state index in [-0.39, 0.29) is 30.2 Å². The minimum atomic E-state index is -0.556. The van der Waals surface area contributed by atoms with Crippen LogP contribution in [0.2, 0.25) is 10.0 Å². The number of likely N-dealkylation sites (tertiary alicyclic amines) is 2. The first-order valence-electron chi connectivity index (χ1n) is 13.7. The Kier molecular flexibility index (Phi) is 7.82. The zero-order valence-corrected chi connectivity index (χ0v) is 25.5. The Bertz CT molecular complexity index is 1500. The summed E-state index contributed by atoms with van der Waals surface area (Å²) in [5.41, 5.74) is 2.29. The molecule has 6 rings (SSSR count). The molecule has 4 heterocycles. The molecular formula is C29H29BrCl2N6O3. The highest BCUT2D eigenvalue weighted by atomic mass is 79.9. The Balaban J connectivity index is 1.22. The van der Waals surface area contributed by atoms with E-state index in [9.17, 15) is 14.4 Å². The van der Waals surface area contributed by atoms with Crippen molar-refractivity contribution in [3.05, 3.63) is 74.4 Å². The maximum Gasteiger partial charge on any atom is 0.251 e. The first kappa shape index (κ1) is 28.2. The van der Waals surface area contributed by atoms with Crippen LogP contribution in [0, 0.1) is 5.92 Å². The molecular weight excluding hydrogens is 631 g/mol. The molecule has 3 saturated heterocycles. The van der Waals surface area contributed by atoms with Gasteiger partial charge in [0.15, 0.2) is 0 Å². The summed E-state index contributed by atoms with van der Waals surface area (Å²) in [6.07, 6.45) is 5.00. The lowest BCUT2D eigenvalue weighted by atomic mass is 9.92. The van der Waals surface area contributed by atoms with Crippen molar-refractivity contribution >= 4 is 62.5 Å². The van der Waals surface area contributed by atoms with Crippen LogP contribution in [0.1, 0.15) is 61.5 Å². The second kappa shape index (κ2) is 11.4. The molecule has 214 valence electrons. The second-order valence-electron chi connectivity index (χ2n) is 10.9. The summed E-state index contributed by atoms with van der Waals surface area (Å²) in [5.74, 6) is -0.760. The van der Waals surface area contributed by atoms with E-state index in [1.807, 2.05) is 41.4 Å². The molecule has 0 radical (unpaired) electrons. The van der Waals surface area contributed by atoms with E-state index < -0.39 is 18.0 Å². The average molecular weight is 660 g/mol. The minimum absolute atomic E-state index is 0.0219. The fraction of sp³-hybridized carbons (Fsp3) is 0.414. The van der Waals surface area contributed by atoms with Crippen LogP contribution in [-0.2, 0) is 14.4 Å². The van der Waals surface area contributed by atoms with E-state index in [0.29, 0.717) is 35.2 Å². The lowest BCUT2D eigenvalue weighted by molar-refractivity contribution is -0.137. The number of amides is 3. The number of carbonyl (C=O) groups is 3. The van der Waals surface area contributed by atoms with Gasteiger partial charge in [0, 0.05) is 36.7 Å². The Morgan fingerprint density at radius 3 is 2.46 bits per heavy atom. The molecule has 0 bridgehead atoms. The third kappa shape index (κ3) is 5.26. The van der Waals surface area contributed by atoms with Gasteiger partial charge in [0.2, 0.25) is 11.8 Å². The van der Waals surface area contributed by atoms with Gasteiger partial charge in [-0.2, -0.15) is 0 Å². The Morgan fingerprint density at radius 2 is 1.71 bits per heavy atom. The number of hydrogen-bond acceptors (Lipinski definition) is 5. The summed E-state index contributed by atoms with van der Waals surface area (Å²) in [6.45, 7) is 1.22. The van der Waals surface area contributed by atoms with E-state index in [2.05, 4.69) is 26.2 Å². The molecule has 0 N–H and O–H groups in total. The van der Waals surface area contributed by atoms with Crippen molar-refractivity contribution < 1.29 is 14.4 Å². The molecule has 41 heavy (non-hydrogen) atoms. The predicted molar refractivity (Wildman–Crippen MR) is 159 cm³/mol. The van der Waals surface area contributed by atoms with E-state index in [1.165, 1.54) is 0 Å². The molecule has 4 atom stereocenters. The van der Waals surface area contributed by atoms with Crippen molar-refractivity contribution in [1.82, 2.24) is 24.8 Å². The van der Waals surface area contributed by atoms with Gasteiger partial charge in [0.05, 0.1) is 34.2 Å². The summed E-state index contributed by atoms with van der Waals surface area (Å²) < 4.78 is 2.60. The standard InChI is InChI=1S/C29H29BrCl2N6O3/c1-35-26(39)15-20(27(35)17-6-11-21(31)22(32)14-17)28(40)37-13-2-4-24(37)23-16-38(34-33-23)25-5-3-12-36(29(25)41)19-9-7-18(30)8-10-19/h6-11,14,16,20,24-25,27H,2-5,12-13,15H2,1H3. The van der Waals surface area contributed by atoms with Gasteiger partial charge in [0.25, 0.3) is 5.91 Å². The quantitative estimate of drug-likeness (QED) is 0.356. The van der Waals surface area contributed by atoms with E-state index in [4.69, 9.17) is 23.2 Å². The zero-order chi connectivity index (χ0) is 28.8. The summed E-state index contributed by atoms with van der Waals surface area (Å²) in [4.78, 5) is 45.5. The molecule has 4 unspecified atom stereocenters. The van der Waals surface area contributed by atoms with Crippen molar-refractivity contribution in [3.63, 3.8) is 0 Å². The van der Waals surface area contributed by atoms with Gasteiger partial charge in [-0.05, 0) is 67.6 Å². The Labute approximate surface area is 256 Å². The number of rotatable bonds is 5. The average Bonchev–Trinajstić information content (AvgIpc) is 3.70. The molecule has 0 aliphatic carbocycles. The highest BCUT2D eigenvalue weighted by Gasteiger charge is 2.47. The number of piperidine rings is 1. The van der Waals surface area contributed by atoms with E-state index in [1.54, 1.807) is 33.7 Å². The topological polar surface area (TPSA) is 91.6 Å². The summed E-state index contributed by atoms with van der Waals surface area (Å²) in [7, 11) is 1.72. The SMILES string of the molecule is CN1C(=O)CC(C(=O)N2CCCC2c2cn(C3CCCN(c4ccc(Br)cc4)C3=O)nn2)C1c1ccc(Cl)c(Cl)c1. The van der Waals surface area contributed by atoms with Gasteiger partial charge in [-0.3, -0.25) is 14.4 Å². The monoisotopic (exact) mass is 658 g/mol.